The molecule has 6 aliphatic rings. The average Bonchev–Trinajstić information content (AvgIpc) is 3.77. The molecular formula is C26H48O7Si3. The number of hydrogen-bond acceptors (Lipinski definition) is 7. The van der Waals surface area contributed by atoms with Gasteiger partial charge in [0, 0.05) is 52.2 Å². The number of hydrogen-bond donors (Lipinski definition) is 0. The van der Waals surface area contributed by atoms with Crippen LogP contribution in [0.4, 0.5) is 0 Å². The van der Waals surface area contributed by atoms with Gasteiger partial charge in [0.2, 0.25) is 0 Å². The van der Waals surface area contributed by atoms with Crippen LogP contribution in [0.15, 0.2) is 0 Å². The van der Waals surface area contributed by atoms with E-state index in [1.807, 2.05) is 7.11 Å². The Morgan fingerprint density at radius 2 is 0.694 bits per heavy atom. The number of rotatable bonds is 12. The highest BCUT2D eigenvalue weighted by molar-refractivity contribution is 6.82. The van der Waals surface area contributed by atoms with Crippen LogP contribution < -0.4 is 0 Å². The zero-order valence-electron chi connectivity index (χ0n) is 23.0. The van der Waals surface area contributed by atoms with Gasteiger partial charge < -0.3 is 30.4 Å². The molecule has 9 unspecified atom stereocenters. The van der Waals surface area contributed by atoms with E-state index in [9.17, 15) is 0 Å². The van der Waals surface area contributed by atoms with Gasteiger partial charge in [-0.25, -0.2) is 0 Å². The van der Waals surface area contributed by atoms with Crippen LogP contribution in [0.5, 0.6) is 0 Å². The lowest BCUT2D eigenvalue weighted by Gasteiger charge is -2.48. The molecule has 7 nitrogen and oxygen atoms in total. The van der Waals surface area contributed by atoms with Gasteiger partial charge in [-0.1, -0.05) is 19.3 Å². The van der Waals surface area contributed by atoms with E-state index in [-0.39, 0.29) is 5.54 Å². The third-order valence-corrected chi connectivity index (χ3v) is 23.8. The highest BCUT2D eigenvalue weighted by Gasteiger charge is 2.70. The summed E-state index contributed by atoms with van der Waals surface area (Å²) in [5, 5.41) is 0. The largest absolute Gasteiger partial charge is 0.496 e. The second kappa shape index (κ2) is 10.1. The Labute approximate surface area is 221 Å². The summed E-state index contributed by atoms with van der Waals surface area (Å²) in [7, 11) is -0.460. The summed E-state index contributed by atoms with van der Waals surface area (Å²) in [4.78, 5) is 0. The summed E-state index contributed by atoms with van der Waals surface area (Å²) in [6.45, 7) is 0. The van der Waals surface area contributed by atoms with Gasteiger partial charge in [0.25, 0.3) is 0 Å². The second-order valence-corrected chi connectivity index (χ2v) is 22.4. The lowest BCUT2D eigenvalue weighted by Crippen LogP contribution is -2.68. The zero-order valence-corrected chi connectivity index (χ0v) is 26.0. The SMILES string of the molecule is CO[Si](OC)(O[Si](OC)(O[Si](OC)(OC)C1CC2CCC1C2)C1CC2CCC1C2)C1CC2CCC1C2. The van der Waals surface area contributed by atoms with Crippen molar-refractivity contribution in [3.8, 4) is 0 Å². The molecule has 0 spiro atoms. The first-order valence-corrected chi connectivity index (χ1v) is 20.0. The Hall–Kier alpha value is 0.371. The third kappa shape index (κ3) is 4.12. The highest BCUT2D eigenvalue weighted by Crippen LogP contribution is 2.62. The lowest BCUT2D eigenvalue weighted by atomic mass is 10.0. The molecule has 10 heteroatoms. The van der Waals surface area contributed by atoms with Crippen molar-refractivity contribution in [1.29, 1.82) is 0 Å². The Morgan fingerprint density at radius 1 is 0.389 bits per heavy atom. The maximum Gasteiger partial charge on any atom is 0.496 e. The molecule has 0 radical (unpaired) electrons. The molecule has 206 valence electrons. The van der Waals surface area contributed by atoms with Crippen LogP contribution in [0, 0.1) is 35.5 Å². The van der Waals surface area contributed by atoms with Crippen molar-refractivity contribution in [3.05, 3.63) is 0 Å². The summed E-state index contributed by atoms with van der Waals surface area (Å²) < 4.78 is 47.0. The van der Waals surface area contributed by atoms with Crippen molar-refractivity contribution in [3.63, 3.8) is 0 Å². The predicted molar refractivity (Wildman–Crippen MR) is 142 cm³/mol. The van der Waals surface area contributed by atoms with Crippen molar-refractivity contribution in [2.45, 2.75) is 93.7 Å². The Balaban J connectivity index is 1.37. The first-order chi connectivity index (χ1) is 17.4. The standard InChI is InChI=1S/C26H48O7Si3/c1-27-34(28-2,24-15-18-6-9-21(24)12-18)32-36(31-5,26-17-20-8-11-23(26)14-20)33-35(29-3,30-4)25-16-19-7-10-22(25)13-19/h18-26H,6-17H2,1-5H3. The van der Waals surface area contributed by atoms with Crippen molar-refractivity contribution >= 4 is 26.4 Å². The van der Waals surface area contributed by atoms with E-state index in [1.54, 1.807) is 28.4 Å². The van der Waals surface area contributed by atoms with Crippen molar-refractivity contribution in [2.75, 3.05) is 35.5 Å². The molecule has 0 aromatic rings. The van der Waals surface area contributed by atoms with Crippen molar-refractivity contribution < 1.29 is 30.4 Å². The fourth-order valence-corrected chi connectivity index (χ4v) is 24.4. The van der Waals surface area contributed by atoms with Gasteiger partial charge in [-0.05, 0) is 93.3 Å². The normalized spacial score (nSPS) is 43.1. The van der Waals surface area contributed by atoms with E-state index in [0.717, 1.165) is 37.0 Å². The van der Waals surface area contributed by atoms with Gasteiger partial charge in [0.05, 0.1) is 0 Å². The summed E-state index contributed by atoms with van der Waals surface area (Å²) in [6.07, 6.45) is 15.0. The highest BCUT2D eigenvalue weighted by atomic mass is 28.5. The third-order valence-electron chi connectivity index (χ3n) is 11.6. The topological polar surface area (TPSA) is 64.6 Å². The molecular weight excluding hydrogens is 509 g/mol. The summed E-state index contributed by atoms with van der Waals surface area (Å²) >= 11 is 0. The molecule has 0 N–H and O–H groups in total. The van der Waals surface area contributed by atoms with E-state index >= 15 is 0 Å². The first-order valence-electron chi connectivity index (χ1n) is 14.6. The van der Waals surface area contributed by atoms with Crippen LogP contribution in [0.3, 0.4) is 0 Å². The van der Waals surface area contributed by atoms with E-state index in [1.165, 1.54) is 57.8 Å². The van der Waals surface area contributed by atoms with Crippen molar-refractivity contribution in [2.24, 2.45) is 35.5 Å². The summed E-state index contributed by atoms with van der Waals surface area (Å²) in [5.74, 6) is 4.15. The average molecular weight is 557 g/mol. The predicted octanol–water partition coefficient (Wildman–Crippen LogP) is 5.64. The molecule has 6 aliphatic carbocycles. The molecule has 0 heterocycles. The molecule has 0 aliphatic heterocycles. The van der Waals surface area contributed by atoms with Gasteiger partial charge in [-0.3, -0.25) is 0 Å². The van der Waals surface area contributed by atoms with Crippen LogP contribution in [-0.4, -0.2) is 62.0 Å². The summed E-state index contributed by atoms with van der Waals surface area (Å²) in [5.41, 5.74) is 0.936. The van der Waals surface area contributed by atoms with E-state index in [2.05, 4.69) is 0 Å². The maximum atomic E-state index is 7.41. The minimum absolute atomic E-state index is 0.271. The molecule has 9 atom stereocenters. The van der Waals surface area contributed by atoms with Crippen LogP contribution >= 0.6 is 0 Å². The first kappa shape index (κ1) is 26.6. The van der Waals surface area contributed by atoms with Crippen LogP contribution in [-0.2, 0) is 30.4 Å². The summed E-state index contributed by atoms with van der Waals surface area (Å²) in [6, 6.07) is 0. The molecule has 6 saturated carbocycles. The van der Waals surface area contributed by atoms with Crippen LogP contribution in [0.25, 0.3) is 0 Å². The fraction of sp³-hybridized carbons (Fsp3) is 1.00. The van der Waals surface area contributed by atoms with E-state index < -0.39 is 26.4 Å². The molecule has 6 rings (SSSR count). The van der Waals surface area contributed by atoms with E-state index in [0.29, 0.717) is 28.8 Å². The van der Waals surface area contributed by atoms with Crippen LogP contribution in [0.2, 0.25) is 16.6 Å². The second-order valence-electron chi connectivity index (χ2n) is 12.9. The molecule has 0 amide bonds. The molecule has 0 saturated heterocycles. The fourth-order valence-electron chi connectivity index (χ4n) is 9.93. The Morgan fingerprint density at radius 3 is 0.917 bits per heavy atom. The van der Waals surface area contributed by atoms with Gasteiger partial charge >= 0.3 is 26.4 Å². The molecule has 0 aromatic heterocycles. The Kier molecular flexibility index (Phi) is 7.45. The van der Waals surface area contributed by atoms with Gasteiger partial charge in [0.15, 0.2) is 0 Å². The van der Waals surface area contributed by atoms with Gasteiger partial charge in [-0.2, -0.15) is 0 Å². The smallest absolute Gasteiger partial charge is 0.378 e. The molecule has 0 aromatic carbocycles. The minimum atomic E-state index is -3.31. The lowest BCUT2D eigenvalue weighted by molar-refractivity contribution is 0.0450. The molecule has 6 bridgehead atoms. The monoisotopic (exact) mass is 556 g/mol. The zero-order chi connectivity index (χ0) is 25.1. The van der Waals surface area contributed by atoms with Crippen molar-refractivity contribution in [1.82, 2.24) is 0 Å². The van der Waals surface area contributed by atoms with Gasteiger partial charge in [0.1, 0.15) is 0 Å². The molecule has 6 fully saturated rings. The maximum absolute atomic E-state index is 7.41. The quantitative estimate of drug-likeness (QED) is 0.288. The van der Waals surface area contributed by atoms with Crippen LogP contribution in [0.1, 0.15) is 77.0 Å². The van der Waals surface area contributed by atoms with Gasteiger partial charge in [-0.15, -0.1) is 0 Å². The van der Waals surface area contributed by atoms with E-state index in [4.69, 9.17) is 30.4 Å². The Bertz CT molecular complexity index is 747. The molecule has 36 heavy (non-hydrogen) atoms. The number of fused-ring (bicyclic) bond motifs is 6. The minimum Gasteiger partial charge on any atom is -0.378 e.